The van der Waals surface area contributed by atoms with Crippen LogP contribution in [0.5, 0.6) is 0 Å². The molecule has 0 bridgehead atoms. The summed E-state index contributed by atoms with van der Waals surface area (Å²) in [6.07, 6.45) is 6.11. The maximum Gasteiger partial charge on any atom is 0.407 e. The fourth-order valence-corrected chi connectivity index (χ4v) is 2.12. The highest BCUT2D eigenvalue weighted by atomic mass is 16.6. The van der Waals surface area contributed by atoms with Crippen LogP contribution in [-0.4, -0.2) is 40.4 Å². The first-order valence-electron chi connectivity index (χ1n) is 8.24. The van der Waals surface area contributed by atoms with Gasteiger partial charge in [-0.2, -0.15) is 0 Å². The lowest BCUT2D eigenvalue weighted by atomic mass is 9.86. The van der Waals surface area contributed by atoms with Crippen LogP contribution in [0.1, 0.15) is 48.0 Å². The van der Waals surface area contributed by atoms with Crippen LogP contribution < -0.4 is 10.6 Å². The van der Waals surface area contributed by atoms with E-state index < -0.39 is 5.60 Å². The van der Waals surface area contributed by atoms with Crippen molar-refractivity contribution in [2.24, 2.45) is 5.41 Å². The molecule has 6 nitrogen and oxygen atoms in total. The highest BCUT2D eigenvalue weighted by Gasteiger charge is 2.24. The van der Waals surface area contributed by atoms with Crippen molar-refractivity contribution >= 4 is 6.09 Å². The molecule has 0 aliphatic carbocycles. The van der Waals surface area contributed by atoms with Crippen molar-refractivity contribution in [1.29, 1.82) is 0 Å². The van der Waals surface area contributed by atoms with Crippen LogP contribution in [0.25, 0.3) is 0 Å². The van der Waals surface area contributed by atoms with Gasteiger partial charge in [0.2, 0.25) is 0 Å². The van der Waals surface area contributed by atoms with Crippen molar-refractivity contribution in [1.82, 2.24) is 20.2 Å². The van der Waals surface area contributed by atoms with E-state index in [0.29, 0.717) is 12.6 Å². The van der Waals surface area contributed by atoms with E-state index in [-0.39, 0.29) is 11.5 Å². The highest BCUT2D eigenvalue weighted by Crippen LogP contribution is 2.20. The van der Waals surface area contributed by atoms with Crippen LogP contribution in [0.2, 0.25) is 0 Å². The first-order valence-corrected chi connectivity index (χ1v) is 8.24. The molecule has 0 aliphatic heterocycles. The molecule has 1 heterocycles. The van der Waals surface area contributed by atoms with Gasteiger partial charge in [0.1, 0.15) is 5.60 Å². The van der Waals surface area contributed by atoms with E-state index in [1.807, 2.05) is 33.3 Å². The smallest absolute Gasteiger partial charge is 0.407 e. The average Bonchev–Trinajstić information content (AvgIpc) is 2.86. The monoisotopic (exact) mass is 324 g/mol. The standard InChI is InChI=1S/C17H32N4O2/c1-16(2,3)14(12-21-11-10-18-13-21)19-8-7-9-20-15(22)23-17(4,5)6/h10-11,13-14,19H,7-9,12H2,1-6H3,(H,20,22). The summed E-state index contributed by atoms with van der Waals surface area (Å²) < 4.78 is 7.29. The lowest BCUT2D eigenvalue weighted by Gasteiger charge is -2.32. The molecule has 0 saturated carbocycles. The predicted octanol–water partition coefficient (Wildman–Crippen LogP) is 2.80. The third-order valence-corrected chi connectivity index (χ3v) is 3.41. The zero-order valence-electron chi connectivity index (χ0n) is 15.3. The summed E-state index contributed by atoms with van der Waals surface area (Å²) in [5.74, 6) is 0. The van der Waals surface area contributed by atoms with Gasteiger partial charge in [0.15, 0.2) is 0 Å². The number of rotatable bonds is 7. The van der Waals surface area contributed by atoms with Crippen LogP contribution in [0.4, 0.5) is 4.79 Å². The quantitative estimate of drug-likeness (QED) is 0.757. The first kappa shape index (κ1) is 19.5. The number of imidazole rings is 1. The van der Waals surface area contributed by atoms with E-state index in [0.717, 1.165) is 19.5 Å². The van der Waals surface area contributed by atoms with Crippen molar-refractivity contribution in [3.05, 3.63) is 18.7 Å². The molecule has 1 aromatic rings. The third kappa shape index (κ3) is 8.59. The van der Waals surface area contributed by atoms with Crippen LogP contribution >= 0.6 is 0 Å². The molecular weight excluding hydrogens is 292 g/mol. The van der Waals surface area contributed by atoms with Gasteiger partial charge >= 0.3 is 6.09 Å². The number of ether oxygens (including phenoxy) is 1. The number of nitrogens with zero attached hydrogens (tertiary/aromatic N) is 2. The average molecular weight is 324 g/mol. The molecule has 132 valence electrons. The summed E-state index contributed by atoms with van der Waals surface area (Å²) in [7, 11) is 0. The van der Waals surface area contributed by atoms with Crippen LogP contribution in [-0.2, 0) is 11.3 Å². The maximum atomic E-state index is 11.6. The van der Waals surface area contributed by atoms with Gasteiger partial charge in [0.25, 0.3) is 0 Å². The minimum Gasteiger partial charge on any atom is -0.444 e. The van der Waals surface area contributed by atoms with E-state index in [4.69, 9.17) is 4.74 Å². The van der Waals surface area contributed by atoms with Gasteiger partial charge in [-0.1, -0.05) is 20.8 Å². The van der Waals surface area contributed by atoms with Crippen LogP contribution in [0.15, 0.2) is 18.7 Å². The van der Waals surface area contributed by atoms with E-state index in [1.54, 1.807) is 6.20 Å². The lowest BCUT2D eigenvalue weighted by molar-refractivity contribution is 0.0527. The number of hydrogen-bond donors (Lipinski definition) is 2. The number of carbonyl (C=O) groups is 1. The summed E-state index contributed by atoms with van der Waals surface area (Å²) in [6.45, 7) is 14.6. The van der Waals surface area contributed by atoms with Gasteiger partial charge in [0.05, 0.1) is 6.33 Å². The second-order valence-corrected chi connectivity index (χ2v) is 7.91. The molecule has 6 heteroatoms. The van der Waals surface area contributed by atoms with Gasteiger partial charge in [-0.15, -0.1) is 0 Å². The molecule has 2 N–H and O–H groups in total. The lowest BCUT2D eigenvalue weighted by Crippen LogP contribution is -2.44. The van der Waals surface area contributed by atoms with E-state index in [2.05, 4.69) is 41.0 Å². The molecule has 0 saturated heterocycles. The Hall–Kier alpha value is -1.56. The molecule has 0 aliphatic rings. The van der Waals surface area contributed by atoms with Crippen molar-refractivity contribution in [3.63, 3.8) is 0 Å². The van der Waals surface area contributed by atoms with Gasteiger partial charge < -0.3 is 19.9 Å². The highest BCUT2D eigenvalue weighted by molar-refractivity contribution is 5.67. The molecule has 1 atom stereocenters. The molecule has 1 unspecified atom stereocenters. The minimum atomic E-state index is -0.454. The number of nitrogens with one attached hydrogen (secondary N) is 2. The topological polar surface area (TPSA) is 68.2 Å². The molecule has 0 spiro atoms. The summed E-state index contributed by atoms with van der Waals surface area (Å²) in [5, 5.41) is 6.36. The predicted molar refractivity (Wildman–Crippen MR) is 92.3 cm³/mol. The zero-order valence-corrected chi connectivity index (χ0v) is 15.3. The first-order chi connectivity index (χ1) is 10.6. The normalized spacial score (nSPS) is 13.7. The molecular formula is C17H32N4O2. The van der Waals surface area contributed by atoms with Gasteiger partial charge in [-0.05, 0) is 39.2 Å². The molecule has 0 radical (unpaired) electrons. The summed E-state index contributed by atoms with van der Waals surface area (Å²) in [4.78, 5) is 15.7. The van der Waals surface area contributed by atoms with E-state index >= 15 is 0 Å². The van der Waals surface area contributed by atoms with Gasteiger partial charge in [-0.25, -0.2) is 9.78 Å². The summed E-state index contributed by atoms with van der Waals surface area (Å²) >= 11 is 0. The Labute approximate surface area is 140 Å². The SMILES string of the molecule is CC(C)(C)OC(=O)NCCCNC(Cn1ccnc1)C(C)(C)C. The minimum absolute atomic E-state index is 0.142. The fraction of sp³-hybridized carbons (Fsp3) is 0.765. The molecule has 0 aromatic carbocycles. The maximum absolute atomic E-state index is 11.6. The number of amides is 1. The van der Waals surface area contributed by atoms with Crippen molar-refractivity contribution in [2.75, 3.05) is 13.1 Å². The third-order valence-electron chi connectivity index (χ3n) is 3.41. The van der Waals surface area contributed by atoms with Crippen molar-refractivity contribution < 1.29 is 9.53 Å². The molecule has 23 heavy (non-hydrogen) atoms. The van der Waals surface area contributed by atoms with Gasteiger partial charge in [-0.3, -0.25) is 0 Å². The van der Waals surface area contributed by atoms with Crippen LogP contribution in [0, 0.1) is 5.41 Å². The summed E-state index contributed by atoms with van der Waals surface area (Å²) in [6, 6.07) is 0.332. The van der Waals surface area contributed by atoms with Gasteiger partial charge in [0, 0.05) is 31.5 Å². The Morgan fingerprint density at radius 1 is 1.22 bits per heavy atom. The van der Waals surface area contributed by atoms with E-state index in [1.165, 1.54) is 0 Å². The number of aromatic nitrogens is 2. The zero-order chi connectivity index (χ0) is 17.5. The second kappa shape index (κ2) is 8.34. The molecule has 1 amide bonds. The number of hydrogen-bond acceptors (Lipinski definition) is 4. The Kier molecular flexibility index (Phi) is 7.06. The Bertz CT molecular complexity index is 458. The molecule has 0 fully saturated rings. The Morgan fingerprint density at radius 2 is 1.91 bits per heavy atom. The second-order valence-electron chi connectivity index (χ2n) is 7.91. The van der Waals surface area contributed by atoms with Crippen LogP contribution in [0.3, 0.4) is 0 Å². The van der Waals surface area contributed by atoms with Crippen molar-refractivity contribution in [2.45, 2.75) is 66.2 Å². The van der Waals surface area contributed by atoms with E-state index in [9.17, 15) is 4.79 Å². The molecule has 1 rings (SSSR count). The number of carbonyl (C=O) groups excluding carboxylic acids is 1. The number of alkyl carbamates (subject to hydrolysis) is 1. The summed E-state index contributed by atoms with van der Waals surface area (Å²) in [5.41, 5.74) is -0.312. The Morgan fingerprint density at radius 3 is 2.43 bits per heavy atom. The fourth-order valence-electron chi connectivity index (χ4n) is 2.12. The molecule has 1 aromatic heterocycles. The van der Waals surface area contributed by atoms with Crippen molar-refractivity contribution in [3.8, 4) is 0 Å². The Balaban J connectivity index is 2.29. The largest absolute Gasteiger partial charge is 0.444 e.